The van der Waals surface area contributed by atoms with Gasteiger partial charge in [0, 0.05) is 32.3 Å². The predicted molar refractivity (Wildman–Crippen MR) is 107 cm³/mol. The second kappa shape index (κ2) is 8.24. The predicted octanol–water partition coefficient (Wildman–Crippen LogP) is 2.99. The summed E-state index contributed by atoms with van der Waals surface area (Å²) in [5, 5.41) is 0. The molecule has 3 rings (SSSR count). The Morgan fingerprint density at radius 3 is 2.21 bits per heavy atom. The third kappa shape index (κ3) is 4.48. The molecule has 1 amide bonds. The van der Waals surface area contributed by atoms with E-state index < -0.39 is 10.0 Å². The Bertz CT molecular complexity index is 993. The topological polar surface area (TPSA) is 57.7 Å². The van der Waals surface area contributed by atoms with Crippen molar-refractivity contribution in [3.8, 4) is 0 Å². The molecule has 0 N–H and O–H groups in total. The van der Waals surface area contributed by atoms with Crippen LogP contribution in [0.25, 0.3) is 6.08 Å². The van der Waals surface area contributed by atoms with E-state index >= 15 is 0 Å². The summed E-state index contributed by atoms with van der Waals surface area (Å²) < 4.78 is 40.0. The van der Waals surface area contributed by atoms with Gasteiger partial charge < -0.3 is 4.90 Å². The molecule has 1 fully saturated rings. The molecule has 1 aliphatic heterocycles. The molecule has 148 valence electrons. The summed E-state index contributed by atoms with van der Waals surface area (Å²) in [6.07, 6.45) is 3.06. The maximum atomic E-state index is 12.9. The quantitative estimate of drug-likeness (QED) is 0.739. The molecule has 0 unspecified atom stereocenters. The molecule has 0 aromatic heterocycles. The Morgan fingerprint density at radius 1 is 0.964 bits per heavy atom. The maximum absolute atomic E-state index is 12.9. The van der Waals surface area contributed by atoms with Crippen LogP contribution in [0.3, 0.4) is 0 Å². The molecule has 0 bridgehead atoms. The summed E-state index contributed by atoms with van der Waals surface area (Å²) >= 11 is 0. The smallest absolute Gasteiger partial charge is 0.246 e. The minimum Gasteiger partial charge on any atom is -0.337 e. The fourth-order valence-electron chi connectivity index (χ4n) is 3.02. The number of rotatable bonds is 4. The minimum absolute atomic E-state index is 0.187. The van der Waals surface area contributed by atoms with E-state index in [1.165, 1.54) is 22.5 Å². The Morgan fingerprint density at radius 2 is 1.61 bits per heavy atom. The number of hydrogen-bond donors (Lipinski definition) is 0. The zero-order valence-electron chi connectivity index (χ0n) is 15.9. The number of amides is 1. The molecule has 2 aromatic rings. The van der Waals surface area contributed by atoms with E-state index in [-0.39, 0.29) is 29.7 Å². The monoisotopic (exact) mass is 402 g/mol. The molecule has 1 saturated heterocycles. The first kappa shape index (κ1) is 20.2. The van der Waals surface area contributed by atoms with Gasteiger partial charge in [0.1, 0.15) is 5.82 Å². The molecule has 28 heavy (non-hydrogen) atoms. The molecular weight excluding hydrogens is 379 g/mol. The number of piperazine rings is 1. The fraction of sp³-hybridized carbons (Fsp3) is 0.286. The third-order valence-corrected chi connectivity index (χ3v) is 6.85. The van der Waals surface area contributed by atoms with E-state index in [1.807, 2.05) is 19.9 Å². The number of halogens is 1. The van der Waals surface area contributed by atoms with E-state index in [9.17, 15) is 17.6 Å². The molecule has 0 spiro atoms. The molecule has 7 heteroatoms. The lowest BCUT2D eigenvalue weighted by Gasteiger charge is -2.33. The normalized spacial score (nSPS) is 15.9. The Kier molecular flexibility index (Phi) is 5.96. The fourth-order valence-corrected chi connectivity index (χ4v) is 4.53. The van der Waals surface area contributed by atoms with Gasteiger partial charge in [0.2, 0.25) is 15.9 Å². The summed E-state index contributed by atoms with van der Waals surface area (Å²) in [5.41, 5.74) is 2.70. The van der Waals surface area contributed by atoms with Gasteiger partial charge in [-0.1, -0.05) is 18.2 Å². The van der Waals surface area contributed by atoms with Crippen molar-refractivity contribution in [2.24, 2.45) is 0 Å². The van der Waals surface area contributed by atoms with Gasteiger partial charge in [-0.05, 0) is 60.9 Å². The lowest BCUT2D eigenvalue weighted by Crippen LogP contribution is -2.50. The average Bonchev–Trinajstić information content (AvgIpc) is 2.69. The van der Waals surface area contributed by atoms with Crippen molar-refractivity contribution < 1.29 is 17.6 Å². The van der Waals surface area contributed by atoms with Gasteiger partial charge in [0.05, 0.1) is 4.90 Å². The largest absolute Gasteiger partial charge is 0.337 e. The third-order valence-electron chi connectivity index (χ3n) is 4.95. The van der Waals surface area contributed by atoms with E-state index in [1.54, 1.807) is 35.2 Å². The Hall–Kier alpha value is -2.51. The van der Waals surface area contributed by atoms with Crippen molar-refractivity contribution in [3.05, 3.63) is 71.0 Å². The molecule has 1 aliphatic rings. The van der Waals surface area contributed by atoms with Gasteiger partial charge >= 0.3 is 0 Å². The van der Waals surface area contributed by atoms with Crippen LogP contribution < -0.4 is 0 Å². The number of nitrogens with zero attached hydrogens (tertiary/aromatic N) is 2. The van der Waals surface area contributed by atoms with Crippen molar-refractivity contribution in [2.75, 3.05) is 26.2 Å². The van der Waals surface area contributed by atoms with Crippen LogP contribution in [0.5, 0.6) is 0 Å². The van der Waals surface area contributed by atoms with Crippen LogP contribution in [0.15, 0.2) is 53.4 Å². The van der Waals surface area contributed by atoms with Crippen molar-refractivity contribution in [1.29, 1.82) is 0 Å². The maximum Gasteiger partial charge on any atom is 0.246 e. The highest BCUT2D eigenvalue weighted by Crippen LogP contribution is 2.20. The molecule has 1 heterocycles. The van der Waals surface area contributed by atoms with E-state index in [4.69, 9.17) is 0 Å². The number of sulfonamides is 1. The average molecular weight is 402 g/mol. The first-order valence-electron chi connectivity index (χ1n) is 9.07. The van der Waals surface area contributed by atoms with Crippen molar-refractivity contribution >= 4 is 22.0 Å². The van der Waals surface area contributed by atoms with Gasteiger partial charge in [-0.2, -0.15) is 4.31 Å². The SMILES string of the molecule is Cc1ccc(S(=O)(=O)N2CCN(C(=O)/C=C/c3ccc(F)cc3)CC2)cc1C. The Balaban J connectivity index is 1.62. The minimum atomic E-state index is -3.57. The van der Waals surface area contributed by atoms with Crippen LogP contribution in [0.4, 0.5) is 4.39 Å². The molecule has 0 aliphatic carbocycles. The van der Waals surface area contributed by atoms with Crippen molar-refractivity contribution in [1.82, 2.24) is 9.21 Å². The molecule has 0 radical (unpaired) electrons. The van der Waals surface area contributed by atoms with Crippen LogP contribution in [-0.2, 0) is 14.8 Å². The lowest BCUT2D eigenvalue weighted by molar-refractivity contribution is -0.127. The van der Waals surface area contributed by atoms with Crippen LogP contribution in [0.1, 0.15) is 16.7 Å². The second-order valence-corrected chi connectivity index (χ2v) is 8.80. The van der Waals surface area contributed by atoms with E-state index in [0.717, 1.165) is 16.7 Å². The van der Waals surface area contributed by atoms with Crippen LogP contribution >= 0.6 is 0 Å². The highest BCUT2D eigenvalue weighted by Gasteiger charge is 2.29. The number of aryl methyl sites for hydroxylation is 2. The van der Waals surface area contributed by atoms with Crippen LogP contribution in [0, 0.1) is 19.7 Å². The number of carbonyl (C=O) groups excluding carboxylic acids is 1. The van der Waals surface area contributed by atoms with E-state index in [2.05, 4.69) is 0 Å². The molecule has 0 atom stereocenters. The van der Waals surface area contributed by atoms with Gasteiger partial charge in [0.15, 0.2) is 0 Å². The van der Waals surface area contributed by atoms with E-state index in [0.29, 0.717) is 13.1 Å². The first-order chi connectivity index (χ1) is 13.3. The zero-order chi connectivity index (χ0) is 20.3. The summed E-state index contributed by atoms with van der Waals surface area (Å²) in [6.45, 7) is 5.00. The van der Waals surface area contributed by atoms with Gasteiger partial charge in [-0.3, -0.25) is 4.79 Å². The zero-order valence-corrected chi connectivity index (χ0v) is 16.7. The number of hydrogen-bond acceptors (Lipinski definition) is 3. The van der Waals surface area contributed by atoms with Crippen molar-refractivity contribution in [2.45, 2.75) is 18.7 Å². The highest BCUT2D eigenvalue weighted by molar-refractivity contribution is 7.89. The lowest BCUT2D eigenvalue weighted by atomic mass is 10.1. The summed E-state index contributed by atoms with van der Waals surface area (Å²) in [7, 11) is -3.57. The number of benzene rings is 2. The molecule has 0 saturated carbocycles. The molecule has 2 aromatic carbocycles. The standard InChI is InChI=1S/C21H23FN2O3S/c1-16-3-9-20(15-17(16)2)28(26,27)24-13-11-23(12-14-24)21(25)10-6-18-4-7-19(22)8-5-18/h3-10,15H,11-14H2,1-2H3/b10-6+. The van der Waals surface area contributed by atoms with Gasteiger partial charge in [-0.25, -0.2) is 12.8 Å². The number of carbonyl (C=O) groups is 1. The van der Waals surface area contributed by atoms with Gasteiger partial charge in [0.25, 0.3) is 0 Å². The summed E-state index contributed by atoms with van der Waals surface area (Å²) in [5.74, 6) is -0.517. The highest BCUT2D eigenvalue weighted by atomic mass is 32.2. The van der Waals surface area contributed by atoms with Crippen LogP contribution in [0.2, 0.25) is 0 Å². The van der Waals surface area contributed by atoms with Gasteiger partial charge in [-0.15, -0.1) is 0 Å². The Labute approximate surface area is 165 Å². The summed E-state index contributed by atoms with van der Waals surface area (Å²) in [6, 6.07) is 11.0. The molecular formula is C21H23FN2O3S. The first-order valence-corrected chi connectivity index (χ1v) is 10.5. The second-order valence-electron chi connectivity index (χ2n) is 6.86. The summed E-state index contributed by atoms with van der Waals surface area (Å²) in [4.78, 5) is 14.2. The van der Waals surface area contributed by atoms with Crippen LogP contribution in [-0.4, -0.2) is 49.7 Å². The molecule has 5 nitrogen and oxygen atoms in total. The van der Waals surface area contributed by atoms with Crippen molar-refractivity contribution in [3.63, 3.8) is 0 Å².